The van der Waals surface area contributed by atoms with Crippen LogP contribution in [0.15, 0.2) is 33.7 Å². The van der Waals surface area contributed by atoms with Crippen LogP contribution in [0.1, 0.15) is 23.9 Å². The molecule has 1 heterocycles. The van der Waals surface area contributed by atoms with Gasteiger partial charge in [-0.1, -0.05) is 24.2 Å². The molecule has 0 amide bonds. The van der Waals surface area contributed by atoms with E-state index in [1.165, 1.54) is 4.31 Å². The molecule has 114 valence electrons. The fourth-order valence-corrected chi connectivity index (χ4v) is 3.96. The number of nitrogen functional groups attached to an aromatic ring is 1. The summed E-state index contributed by atoms with van der Waals surface area (Å²) >= 11 is 0. The van der Waals surface area contributed by atoms with E-state index in [9.17, 15) is 8.42 Å². The van der Waals surface area contributed by atoms with Crippen molar-refractivity contribution in [2.45, 2.75) is 32.2 Å². The molecule has 0 bridgehead atoms. The zero-order valence-corrected chi connectivity index (χ0v) is 13.1. The molecule has 7 heteroatoms. The molecule has 21 heavy (non-hydrogen) atoms. The standard InChI is InChI=1S/C14H19N3O3S/c1-4-17(9-12-6-5-7-13(15)8-12)21(18,19)14-10(2)16-20-11(14)3/h5-8H,4,9,15H2,1-3H3. The average molecular weight is 309 g/mol. The minimum absolute atomic E-state index is 0.147. The van der Waals surface area contributed by atoms with Crippen molar-refractivity contribution >= 4 is 15.7 Å². The number of hydrogen-bond acceptors (Lipinski definition) is 5. The van der Waals surface area contributed by atoms with Crippen molar-refractivity contribution < 1.29 is 12.9 Å². The highest BCUT2D eigenvalue weighted by molar-refractivity contribution is 7.89. The van der Waals surface area contributed by atoms with Crippen molar-refractivity contribution in [2.75, 3.05) is 12.3 Å². The summed E-state index contributed by atoms with van der Waals surface area (Å²) < 4.78 is 31.9. The number of sulfonamides is 1. The van der Waals surface area contributed by atoms with Crippen molar-refractivity contribution in [1.29, 1.82) is 0 Å². The molecule has 2 rings (SSSR count). The minimum atomic E-state index is -3.64. The maximum atomic E-state index is 12.8. The second kappa shape index (κ2) is 5.87. The van der Waals surface area contributed by atoms with Crippen LogP contribution in [-0.4, -0.2) is 24.4 Å². The molecular weight excluding hydrogens is 290 g/mol. The highest BCUT2D eigenvalue weighted by Gasteiger charge is 2.30. The lowest BCUT2D eigenvalue weighted by Crippen LogP contribution is -2.31. The topological polar surface area (TPSA) is 89.4 Å². The lowest BCUT2D eigenvalue weighted by Gasteiger charge is -2.20. The number of hydrogen-bond donors (Lipinski definition) is 1. The molecule has 0 unspecified atom stereocenters. The van der Waals surface area contributed by atoms with Crippen LogP contribution in [-0.2, 0) is 16.6 Å². The van der Waals surface area contributed by atoms with Crippen LogP contribution < -0.4 is 5.73 Å². The first kappa shape index (κ1) is 15.5. The maximum Gasteiger partial charge on any atom is 0.248 e. The van der Waals surface area contributed by atoms with Crippen LogP contribution in [0.5, 0.6) is 0 Å². The van der Waals surface area contributed by atoms with Crippen LogP contribution in [0, 0.1) is 13.8 Å². The van der Waals surface area contributed by atoms with Gasteiger partial charge in [-0.25, -0.2) is 8.42 Å². The monoisotopic (exact) mass is 309 g/mol. The molecule has 0 atom stereocenters. The number of nitrogens with two attached hydrogens (primary N) is 1. The molecule has 0 fully saturated rings. The Morgan fingerprint density at radius 2 is 2.05 bits per heavy atom. The zero-order chi connectivity index (χ0) is 15.6. The van der Waals surface area contributed by atoms with Crippen molar-refractivity contribution in [3.8, 4) is 0 Å². The van der Waals surface area contributed by atoms with E-state index >= 15 is 0 Å². The molecule has 0 aliphatic carbocycles. The van der Waals surface area contributed by atoms with E-state index in [1.807, 2.05) is 6.07 Å². The molecule has 0 radical (unpaired) electrons. The number of nitrogens with zero attached hydrogens (tertiary/aromatic N) is 2. The Balaban J connectivity index is 2.37. The first-order chi connectivity index (χ1) is 9.86. The Labute approximate surface area is 124 Å². The molecule has 1 aromatic heterocycles. The Morgan fingerprint density at radius 1 is 1.33 bits per heavy atom. The van der Waals surface area contributed by atoms with E-state index in [4.69, 9.17) is 10.3 Å². The average Bonchev–Trinajstić information content (AvgIpc) is 2.76. The van der Waals surface area contributed by atoms with Gasteiger partial charge in [0.1, 0.15) is 10.6 Å². The molecule has 2 aromatic rings. The SMILES string of the molecule is CCN(Cc1cccc(N)c1)S(=O)(=O)c1c(C)noc1C. The van der Waals surface area contributed by atoms with E-state index in [0.717, 1.165) is 5.56 Å². The van der Waals surface area contributed by atoms with Gasteiger partial charge in [-0.3, -0.25) is 0 Å². The summed E-state index contributed by atoms with van der Waals surface area (Å²) in [5, 5.41) is 3.72. The van der Waals surface area contributed by atoms with Crippen molar-refractivity contribution in [2.24, 2.45) is 0 Å². The lowest BCUT2D eigenvalue weighted by molar-refractivity contribution is 0.388. The summed E-state index contributed by atoms with van der Waals surface area (Å²) in [6.07, 6.45) is 0. The Morgan fingerprint density at radius 3 is 2.57 bits per heavy atom. The number of anilines is 1. The van der Waals surface area contributed by atoms with Gasteiger partial charge in [0.05, 0.1) is 0 Å². The zero-order valence-electron chi connectivity index (χ0n) is 12.3. The fraction of sp³-hybridized carbons (Fsp3) is 0.357. The number of benzene rings is 1. The number of aromatic nitrogens is 1. The number of aryl methyl sites for hydroxylation is 2. The predicted octanol–water partition coefficient (Wildman–Crippen LogP) is 2.08. The van der Waals surface area contributed by atoms with E-state index in [2.05, 4.69) is 5.16 Å². The minimum Gasteiger partial charge on any atom is -0.399 e. The maximum absolute atomic E-state index is 12.8. The van der Waals surface area contributed by atoms with Gasteiger partial charge in [0.25, 0.3) is 0 Å². The first-order valence-electron chi connectivity index (χ1n) is 6.63. The van der Waals surface area contributed by atoms with Crippen LogP contribution in [0.4, 0.5) is 5.69 Å². The van der Waals surface area contributed by atoms with Gasteiger partial charge in [-0.2, -0.15) is 4.31 Å². The van der Waals surface area contributed by atoms with Gasteiger partial charge in [0.2, 0.25) is 10.0 Å². The summed E-state index contributed by atoms with van der Waals surface area (Å²) in [5.41, 5.74) is 7.56. The summed E-state index contributed by atoms with van der Waals surface area (Å²) in [6.45, 7) is 5.62. The van der Waals surface area contributed by atoms with Crippen molar-refractivity contribution in [3.63, 3.8) is 0 Å². The van der Waals surface area contributed by atoms with Gasteiger partial charge in [0, 0.05) is 18.8 Å². The quantitative estimate of drug-likeness (QED) is 0.854. The third kappa shape index (κ3) is 3.08. The van der Waals surface area contributed by atoms with E-state index in [0.29, 0.717) is 23.7 Å². The molecule has 0 saturated carbocycles. The molecule has 1 aromatic carbocycles. The molecule has 6 nitrogen and oxygen atoms in total. The van der Waals surface area contributed by atoms with Crippen molar-refractivity contribution in [3.05, 3.63) is 41.3 Å². The molecule has 0 saturated heterocycles. The predicted molar refractivity (Wildman–Crippen MR) is 80.1 cm³/mol. The molecular formula is C14H19N3O3S. The van der Waals surface area contributed by atoms with Gasteiger partial charge >= 0.3 is 0 Å². The van der Waals surface area contributed by atoms with Crippen LogP contribution in [0.2, 0.25) is 0 Å². The third-order valence-corrected chi connectivity index (χ3v) is 5.39. The highest BCUT2D eigenvalue weighted by Crippen LogP contribution is 2.24. The molecule has 0 aliphatic heterocycles. The van der Waals surface area contributed by atoms with Crippen LogP contribution >= 0.6 is 0 Å². The van der Waals surface area contributed by atoms with E-state index in [-0.39, 0.29) is 11.4 Å². The first-order valence-corrected chi connectivity index (χ1v) is 8.07. The van der Waals surface area contributed by atoms with Gasteiger partial charge in [-0.15, -0.1) is 0 Å². The normalized spacial score (nSPS) is 12.0. The summed E-state index contributed by atoms with van der Waals surface area (Å²) in [5.74, 6) is 0.304. The van der Waals surface area contributed by atoms with Gasteiger partial charge in [-0.05, 0) is 31.5 Å². The lowest BCUT2D eigenvalue weighted by atomic mass is 10.2. The Hall–Kier alpha value is -1.86. The van der Waals surface area contributed by atoms with Crippen LogP contribution in [0.3, 0.4) is 0 Å². The molecule has 0 aliphatic rings. The summed E-state index contributed by atoms with van der Waals surface area (Å²) in [4.78, 5) is 0.147. The smallest absolute Gasteiger partial charge is 0.248 e. The van der Waals surface area contributed by atoms with Crippen LogP contribution in [0.25, 0.3) is 0 Å². The largest absolute Gasteiger partial charge is 0.399 e. The second-order valence-electron chi connectivity index (χ2n) is 4.83. The highest BCUT2D eigenvalue weighted by atomic mass is 32.2. The summed E-state index contributed by atoms with van der Waals surface area (Å²) in [7, 11) is -3.64. The van der Waals surface area contributed by atoms with Gasteiger partial charge < -0.3 is 10.3 Å². The Bertz CT molecular complexity index is 718. The Kier molecular flexibility index (Phi) is 4.34. The van der Waals surface area contributed by atoms with Crippen molar-refractivity contribution in [1.82, 2.24) is 9.46 Å². The second-order valence-corrected chi connectivity index (χ2v) is 6.70. The number of rotatable bonds is 5. The van der Waals surface area contributed by atoms with E-state index < -0.39 is 10.0 Å². The molecule has 0 spiro atoms. The fourth-order valence-electron chi connectivity index (χ4n) is 2.23. The third-order valence-electron chi connectivity index (χ3n) is 3.23. The summed E-state index contributed by atoms with van der Waals surface area (Å²) in [6, 6.07) is 7.19. The van der Waals surface area contributed by atoms with E-state index in [1.54, 1.807) is 39.0 Å². The van der Waals surface area contributed by atoms with Gasteiger partial charge in [0.15, 0.2) is 5.76 Å². The molecule has 2 N–H and O–H groups in total.